The Labute approximate surface area is 186 Å². The average Bonchev–Trinajstić information content (AvgIpc) is 3.12. The van der Waals surface area contributed by atoms with E-state index in [0.29, 0.717) is 22.9 Å². The predicted molar refractivity (Wildman–Crippen MR) is 124 cm³/mol. The van der Waals surface area contributed by atoms with Crippen LogP contribution in [0.25, 0.3) is 10.2 Å². The quantitative estimate of drug-likeness (QED) is 0.465. The van der Waals surface area contributed by atoms with Crippen molar-refractivity contribution in [3.8, 4) is 0 Å². The number of benzene rings is 2. The number of likely N-dealkylation sites (N-methyl/N-ethyl adjacent to an activating group) is 1. The molecule has 0 radical (unpaired) electrons. The van der Waals surface area contributed by atoms with E-state index in [1.54, 1.807) is 4.90 Å². The van der Waals surface area contributed by atoms with E-state index < -0.39 is 11.6 Å². The van der Waals surface area contributed by atoms with Crippen LogP contribution in [0.15, 0.2) is 24.3 Å². The molecule has 0 aliphatic heterocycles. The van der Waals surface area contributed by atoms with Crippen molar-refractivity contribution in [1.29, 1.82) is 0 Å². The topological polar surface area (TPSA) is 36.4 Å². The number of rotatable bonds is 8. The number of halogens is 2. The van der Waals surface area contributed by atoms with Gasteiger partial charge in [-0.2, -0.15) is 0 Å². The molecule has 0 fully saturated rings. The van der Waals surface area contributed by atoms with Crippen molar-refractivity contribution in [2.45, 2.75) is 41.0 Å². The third-order valence-corrected chi connectivity index (χ3v) is 6.66. The molecule has 0 aliphatic carbocycles. The fourth-order valence-corrected chi connectivity index (χ4v) is 4.95. The van der Waals surface area contributed by atoms with Gasteiger partial charge in [-0.05, 0) is 56.6 Å². The van der Waals surface area contributed by atoms with Crippen molar-refractivity contribution in [2.75, 3.05) is 31.1 Å². The number of carbonyl (C=O) groups excluding carboxylic acids is 1. The Kier molecular flexibility index (Phi) is 7.38. The van der Waals surface area contributed by atoms with Crippen LogP contribution in [0.4, 0.5) is 13.9 Å². The minimum absolute atomic E-state index is 0.0952. The highest BCUT2D eigenvalue weighted by Gasteiger charge is 2.23. The number of carbonyl (C=O) groups is 1. The summed E-state index contributed by atoms with van der Waals surface area (Å²) in [5, 5.41) is 0.402. The third-order valence-electron chi connectivity index (χ3n) is 5.64. The lowest BCUT2D eigenvalue weighted by molar-refractivity contribution is -0.118. The number of fused-ring (bicyclic) bond motifs is 1. The summed E-state index contributed by atoms with van der Waals surface area (Å²) < 4.78 is 28.3. The first kappa shape index (κ1) is 23.3. The van der Waals surface area contributed by atoms with Crippen LogP contribution >= 0.6 is 11.3 Å². The first-order chi connectivity index (χ1) is 14.7. The number of amides is 1. The molecule has 1 amide bonds. The molecule has 0 saturated heterocycles. The van der Waals surface area contributed by atoms with Crippen LogP contribution < -0.4 is 4.90 Å². The largest absolute Gasteiger partial charge is 0.302 e. The van der Waals surface area contributed by atoms with Crippen LogP contribution in [0.3, 0.4) is 0 Å². The molecule has 7 heteroatoms. The van der Waals surface area contributed by atoms with Gasteiger partial charge in [0, 0.05) is 19.2 Å². The Morgan fingerprint density at radius 2 is 1.65 bits per heavy atom. The second-order valence-corrected chi connectivity index (χ2v) is 8.87. The van der Waals surface area contributed by atoms with Gasteiger partial charge in [0.05, 0.1) is 11.1 Å². The van der Waals surface area contributed by atoms with Crippen molar-refractivity contribution in [2.24, 2.45) is 0 Å². The van der Waals surface area contributed by atoms with Crippen LogP contribution in [0, 0.1) is 32.4 Å². The van der Waals surface area contributed by atoms with Crippen molar-refractivity contribution in [3.05, 3.63) is 58.2 Å². The number of aromatic nitrogens is 1. The SMILES string of the molecule is CCN(CC)CCN(C(=O)Cc1c(C)cc(C)cc1C)c1nc2c(F)cc(F)cc2s1. The van der Waals surface area contributed by atoms with Crippen molar-refractivity contribution in [1.82, 2.24) is 9.88 Å². The molecular weight excluding hydrogens is 416 g/mol. The summed E-state index contributed by atoms with van der Waals surface area (Å²) in [5.74, 6) is -1.45. The number of hydrogen-bond acceptors (Lipinski definition) is 4. The zero-order chi connectivity index (χ0) is 22.7. The van der Waals surface area contributed by atoms with Crippen LogP contribution in [-0.2, 0) is 11.2 Å². The van der Waals surface area contributed by atoms with E-state index in [4.69, 9.17) is 0 Å². The van der Waals surface area contributed by atoms with E-state index in [9.17, 15) is 13.6 Å². The van der Waals surface area contributed by atoms with Gasteiger partial charge < -0.3 is 4.90 Å². The molecular formula is C24H29F2N3OS. The standard InChI is InChI=1S/C24H29F2N3OS/c1-6-28(7-2)8-9-29(22(30)14-19-16(4)10-15(3)11-17(19)5)24-27-23-20(26)12-18(25)13-21(23)31-24/h10-13H,6-9,14H2,1-5H3. The van der Waals surface area contributed by atoms with Crippen molar-refractivity contribution >= 4 is 32.6 Å². The zero-order valence-electron chi connectivity index (χ0n) is 18.8. The molecule has 3 aromatic rings. The molecule has 0 spiro atoms. The summed E-state index contributed by atoms with van der Waals surface area (Å²) in [6.07, 6.45) is 0.239. The van der Waals surface area contributed by atoms with Gasteiger partial charge in [-0.15, -0.1) is 0 Å². The van der Waals surface area contributed by atoms with Gasteiger partial charge in [0.1, 0.15) is 11.3 Å². The second-order valence-electron chi connectivity index (χ2n) is 7.86. The molecule has 0 bridgehead atoms. The number of aryl methyl sites for hydroxylation is 3. The highest BCUT2D eigenvalue weighted by atomic mass is 32.1. The van der Waals surface area contributed by atoms with E-state index in [1.807, 2.05) is 20.8 Å². The summed E-state index contributed by atoms with van der Waals surface area (Å²) >= 11 is 1.15. The maximum absolute atomic E-state index is 14.2. The summed E-state index contributed by atoms with van der Waals surface area (Å²) in [6, 6.07) is 6.24. The van der Waals surface area contributed by atoms with Gasteiger partial charge in [0.2, 0.25) is 5.91 Å². The molecule has 1 aromatic heterocycles. The molecule has 0 aliphatic rings. The van der Waals surface area contributed by atoms with E-state index in [2.05, 4.69) is 35.9 Å². The van der Waals surface area contributed by atoms with Crippen LogP contribution in [0.1, 0.15) is 36.1 Å². The molecule has 4 nitrogen and oxygen atoms in total. The molecule has 166 valence electrons. The molecule has 0 saturated carbocycles. The fourth-order valence-electron chi connectivity index (χ4n) is 3.90. The molecule has 0 unspecified atom stereocenters. The molecule has 0 atom stereocenters. The maximum Gasteiger partial charge on any atom is 0.233 e. The number of thiazole rings is 1. The Morgan fingerprint density at radius 1 is 1.00 bits per heavy atom. The van der Waals surface area contributed by atoms with Crippen molar-refractivity contribution < 1.29 is 13.6 Å². The first-order valence-corrected chi connectivity index (χ1v) is 11.4. The zero-order valence-corrected chi connectivity index (χ0v) is 19.6. The minimum atomic E-state index is -0.709. The number of nitrogens with zero attached hydrogens (tertiary/aromatic N) is 3. The smallest absolute Gasteiger partial charge is 0.233 e. The average molecular weight is 446 g/mol. The fraction of sp³-hybridized carbons (Fsp3) is 0.417. The molecule has 3 rings (SSSR count). The highest BCUT2D eigenvalue weighted by molar-refractivity contribution is 7.22. The first-order valence-electron chi connectivity index (χ1n) is 10.6. The van der Waals surface area contributed by atoms with E-state index in [0.717, 1.165) is 52.7 Å². The van der Waals surface area contributed by atoms with Crippen LogP contribution in [0.5, 0.6) is 0 Å². The Morgan fingerprint density at radius 3 is 2.26 bits per heavy atom. The maximum atomic E-state index is 14.2. The van der Waals surface area contributed by atoms with Crippen LogP contribution in [0.2, 0.25) is 0 Å². The van der Waals surface area contributed by atoms with Gasteiger partial charge in [0.25, 0.3) is 0 Å². The summed E-state index contributed by atoms with van der Waals surface area (Å²) in [6.45, 7) is 13.1. The van der Waals surface area contributed by atoms with Gasteiger partial charge in [-0.3, -0.25) is 9.69 Å². The Bertz CT molecular complexity index is 1070. The lowest BCUT2D eigenvalue weighted by atomic mass is 9.97. The predicted octanol–water partition coefficient (Wildman–Crippen LogP) is 5.42. The van der Waals surface area contributed by atoms with E-state index in [1.165, 1.54) is 6.07 Å². The van der Waals surface area contributed by atoms with Crippen molar-refractivity contribution in [3.63, 3.8) is 0 Å². The summed E-state index contributed by atoms with van der Waals surface area (Å²) in [7, 11) is 0. The third kappa shape index (κ3) is 5.28. The van der Waals surface area contributed by atoms with Gasteiger partial charge >= 0.3 is 0 Å². The monoisotopic (exact) mass is 445 g/mol. The second kappa shape index (κ2) is 9.83. The van der Waals surface area contributed by atoms with Gasteiger partial charge in [0.15, 0.2) is 10.9 Å². The minimum Gasteiger partial charge on any atom is -0.302 e. The van der Waals surface area contributed by atoms with E-state index in [-0.39, 0.29) is 17.8 Å². The summed E-state index contributed by atoms with van der Waals surface area (Å²) in [5.41, 5.74) is 4.42. The Balaban J connectivity index is 1.96. The van der Waals surface area contributed by atoms with Gasteiger partial charge in [-0.25, -0.2) is 13.8 Å². The lowest BCUT2D eigenvalue weighted by Gasteiger charge is -2.25. The summed E-state index contributed by atoms with van der Waals surface area (Å²) in [4.78, 5) is 21.6. The van der Waals surface area contributed by atoms with Crippen LogP contribution in [-0.4, -0.2) is 42.0 Å². The highest BCUT2D eigenvalue weighted by Crippen LogP contribution is 2.32. The molecule has 1 heterocycles. The normalized spacial score (nSPS) is 11.5. The number of hydrogen-bond donors (Lipinski definition) is 0. The Hall–Kier alpha value is -2.38. The van der Waals surface area contributed by atoms with E-state index >= 15 is 0 Å². The number of anilines is 1. The molecule has 0 N–H and O–H groups in total. The molecule has 2 aromatic carbocycles. The molecule has 31 heavy (non-hydrogen) atoms. The van der Waals surface area contributed by atoms with Gasteiger partial charge in [-0.1, -0.05) is 42.9 Å². The lowest BCUT2D eigenvalue weighted by Crippen LogP contribution is -2.39.